The normalized spacial score (nSPS) is 23.9. The van der Waals surface area contributed by atoms with Crippen molar-refractivity contribution in [1.29, 1.82) is 5.26 Å². The van der Waals surface area contributed by atoms with Crippen LogP contribution in [0.3, 0.4) is 0 Å². The van der Waals surface area contributed by atoms with Gasteiger partial charge >= 0.3 is 0 Å². The van der Waals surface area contributed by atoms with Crippen molar-refractivity contribution in [2.75, 3.05) is 13.1 Å². The molecule has 35 heavy (non-hydrogen) atoms. The van der Waals surface area contributed by atoms with Crippen molar-refractivity contribution in [2.45, 2.75) is 57.7 Å². The molecule has 1 fully saturated rings. The van der Waals surface area contributed by atoms with Crippen molar-refractivity contribution in [2.24, 2.45) is 11.7 Å². The number of fused-ring (bicyclic) bond motifs is 1. The molecule has 0 bridgehead atoms. The van der Waals surface area contributed by atoms with Crippen LogP contribution < -0.4 is 5.73 Å². The number of likely N-dealkylation sites (tertiary alicyclic amines) is 1. The van der Waals surface area contributed by atoms with Gasteiger partial charge in [0.05, 0.1) is 17.9 Å². The number of nitriles is 1. The first-order valence-electron chi connectivity index (χ1n) is 12.2. The van der Waals surface area contributed by atoms with Crippen LogP contribution in [0, 0.1) is 17.2 Å². The van der Waals surface area contributed by atoms with Crippen LogP contribution in [-0.2, 0) is 0 Å². The van der Waals surface area contributed by atoms with E-state index >= 15 is 0 Å². The van der Waals surface area contributed by atoms with Crippen molar-refractivity contribution in [3.63, 3.8) is 0 Å². The predicted molar refractivity (Wildman–Crippen MR) is 139 cm³/mol. The average Bonchev–Trinajstić information content (AvgIpc) is 3.47. The third-order valence-corrected chi connectivity index (χ3v) is 8.11. The molecule has 1 saturated heterocycles. The zero-order chi connectivity index (χ0) is 24.7. The molecule has 2 aliphatic rings. The minimum atomic E-state index is -0.249. The van der Waals surface area contributed by atoms with Crippen LogP contribution >= 0.6 is 23.2 Å². The van der Waals surface area contributed by atoms with E-state index in [-0.39, 0.29) is 11.7 Å². The smallest absolute Gasteiger partial charge is 0.190 e. The SMILES string of the molecule is CC(c1ccc(Cl)cc1Cl)n1nc(C#N)c2ncc(C3=CC[C@H](N4CCC[C@H]4CN)[C@H](C)C3)nc21. The second-order valence-electron chi connectivity index (χ2n) is 9.66. The van der Waals surface area contributed by atoms with E-state index in [1.165, 1.54) is 18.4 Å². The van der Waals surface area contributed by atoms with Crippen LogP contribution in [0.1, 0.15) is 62.5 Å². The molecule has 4 atom stereocenters. The van der Waals surface area contributed by atoms with E-state index in [9.17, 15) is 5.26 Å². The number of allylic oxidation sites excluding steroid dienone is 1. The molecule has 182 valence electrons. The van der Waals surface area contributed by atoms with Crippen molar-refractivity contribution in [3.8, 4) is 6.07 Å². The summed E-state index contributed by atoms with van der Waals surface area (Å²) in [5.74, 6) is 0.492. The van der Waals surface area contributed by atoms with Gasteiger partial charge in [-0.3, -0.25) is 4.90 Å². The van der Waals surface area contributed by atoms with Gasteiger partial charge in [0, 0.05) is 28.7 Å². The van der Waals surface area contributed by atoms with Crippen molar-refractivity contribution >= 4 is 39.9 Å². The van der Waals surface area contributed by atoms with E-state index in [1.54, 1.807) is 23.0 Å². The highest BCUT2D eigenvalue weighted by Gasteiger charge is 2.35. The topological polar surface area (TPSA) is 96.7 Å². The Morgan fingerprint density at radius 3 is 2.86 bits per heavy atom. The highest BCUT2D eigenvalue weighted by atomic mass is 35.5. The van der Waals surface area contributed by atoms with Gasteiger partial charge in [-0.05, 0) is 68.3 Å². The second kappa shape index (κ2) is 9.87. The number of hydrogen-bond donors (Lipinski definition) is 1. The van der Waals surface area contributed by atoms with Gasteiger partial charge in [-0.1, -0.05) is 42.3 Å². The molecule has 1 aliphatic heterocycles. The van der Waals surface area contributed by atoms with Crippen LogP contribution in [0.5, 0.6) is 0 Å². The van der Waals surface area contributed by atoms with Crippen LogP contribution in [0.15, 0.2) is 30.5 Å². The highest BCUT2D eigenvalue weighted by Crippen LogP contribution is 2.36. The summed E-state index contributed by atoms with van der Waals surface area (Å²) >= 11 is 12.6. The third-order valence-electron chi connectivity index (χ3n) is 7.54. The molecule has 2 aromatic heterocycles. The van der Waals surface area contributed by atoms with Crippen molar-refractivity contribution in [1.82, 2.24) is 24.6 Å². The van der Waals surface area contributed by atoms with Gasteiger partial charge in [-0.15, -0.1) is 0 Å². The Balaban J connectivity index is 1.49. The van der Waals surface area contributed by atoms with E-state index in [1.807, 2.05) is 13.0 Å². The molecule has 0 spiro atoms. The number of aromatic nitrogens is 4. The van der Waals surface area contributed by atoms with E-state index in [0.717, 1.165) is 37.2 Å². The molecular weight excluding hydrogens is 481 g/mol. The summed E-state index contributed by atoms with van der Waals surface area (Å²) in [6, 6.07) is 8.30. The summed E-state index contributed by atoms with van der Waals surface area (Å²) < 4.78 is 1.74. The first-order valence-corrected chi connectivity index (χ1v) is 12.9. The number of hydrogen-bond acceptors (Lipinski definition) is 6. The summed E-state index contributed by atoms with van der Waals surface area (Å²) in [6.45, 7) is 6.15. The zero-order valence-corrected chi connectivity index (χ0v) is 21.5. The van der Waals surface area contributed by atoms with Gasteiger partial charge in [0.15, 0.2) is 11.3 Å². The average molecular weight is 510 g/mol. The first kappa shape index (κ1) is 24.2. The predicted octanol–water partition coefficient (Wildman–Crippen LogP) is 5.22. The van der Waals surface area contributed by atoms with Crippen LogP contribution in [0.4, 0.5) is 0 Å². The summed E-state index contributed by atoms with van der Waals surface area (Å²) in [4.78, 5) is 12.2. The molecule has 2 N–H and O–H groups in total. The van der Waals surface area contributed by atoms with Gasteiger partial charge in [-0.2, -0.15) is 10.4 Å². The molecule has 0 radical (unpaired) electrons. The Morgan fingerprint density at radius 1 is 1.31 bits per heavy atom. The largest absolute Gasteiger partial charge is 0.329 e. The van der Waals surface area contributed by atoms with Gasteiger partial charge in [0.2, 0.25) is 0 Å². The Labute approximate surface area is 215 Å². The molecule has 1 aromatic carbocycles. The standard InChI is InChI=1S/C26H29Cl2N7/c1-15-10-17(5-8-24(15)34-9-3-4-19(34)12-29)23-14-31-25-22(13-30)33-35(26(25)32-23)16(2)20-7-6-18(27)11-21(20)28/h5-7,11,14-16,19,24H,3-4,8-10,12,29H2,1-2H3/t15-,16?,19+,24+/m1/s1. The molecule has 7 nitrogen and oxygen atoms in total. The number of benzene rings is 1. The second-order valence-corrected chi connectivity index (χ2v) is 10.5. The minimum absolute atomic E-state index is 0.249. The molecule has 1 aliphatic carbocycles. The molecule has 0 saturated carbocycles. The van der Waals surface area contributed by atoms with E-state index in [0.29, 0.717) is 39.2 Å². The third kappa shape index (κ3) is 4.45. The lowest BCUT2D eigenvalue weighted by Gasteiger charge is -2.38. The summed E-state index contributed by atoms with van der Waals surface area (Å²) in [7, 11) is 0. The van der Waals surface area contributed by atoms with Crippen molar-refractivity contribution in [3.05, 3.63) is 57.5 Å². The Kier molecular flexibility index (Phi) is 6.82. The Morgan fingerprint density at radius 2 is 2.14 bits per heavy atom. The number of halogens is 2. The molecule has 1 unspecified atom stereocenters. The van der Waals surface area contributed by atoms with Crippen LogP contribution in [-0.4, -0.2) is 49.8 Å². The van der Waals surface area contributed by atoms with Gasteiger partial charge in [0.25, 0.3) is 0 Å². The lowest BCUT2D eigenvalue weighted by molar-refractivity contribution is 0.135. The maximum atomic E-state index is 9.66. The van der Waals surface area contributed by atoms with E-state index < -0.39 is 0 Å². The Bertz CT molecular complexity index is 1330. The number of nitrogens with two attached hydrogens (primary N) is 1. The summed E-state index contributed by atoms with van der Waals surface area (Å²) in [6.07, 6.45) is 8.40. The summed E-state index contributed by atoms with van der Waals surface area (Å²) in [5.41, 5.74) is 10.2. The maximum Gasteiger partial charge on any atom is 0.190 e. The lowest BCUT2D eigenvalue weighted by atomic mass is 9.83. The monoisotopic (exact) mass is 509 g/mol. The maximum absolute atomic E-state index is 9.66. The molecule has 3 heterocycles. The number of nitrogens with zero attached hydrogens (tertiary/aromatic N) is 6. The molecule has 9 heteroatoms. The molecule has 0 amide bonds. The molecular formula is C26H29Cl2N7. The highest BCUT2D eigenvalue weighted by molar-refractivity contribution is 6.35. The Hall–Kier alpha value is -2.50. The van der Waals surface area contributed by atoms with E-state index in [2.05, 4.69) is 34.1 Å². The van der Waals surface area contributed by atoms with Gasteiger partial charge in [0.1, 0.15) is 11.6 Å². The fourth-order valence-electron chi connectivity index (χ4n) is 5.66. The fourth-order valence-corrected chi connectivity index (χ4v) is 6.23. The summed E-state index contributed by atoms with van der Waals surface area (Å²) in [5, 5.41) is 15.3. The van der Waals surface area contributed by atoms with Crippen LogP contribution in [0.25, 0.3) is 16.7 Å². The molecule has 5 rings (SSSR count). The fraction of sp³-hybridized carbons (Fsp3) is 0.462. The number of rotatable bonds is 5. The van der Waals surface area contributed by atoms with E-state index in [4.69, 9.17) is 33.9 Å². The molecule has 3 aromatic rings. The van der Waals surface area contributed by atoms with Gasteiger partial charge in [-0.25, -0.2) is 14.6 Å². The minimum Gasteiger partial charge on any atom is -0.329 e. The quantitative estimate of drug-likeness (QED) is 0.506. The van der Waals surface area contributed by atoms with Crippen LogP contribution in [0.2, 0.25) is 10.0 Å². The zero-order valence-electron chi connectivity index (χ0n) is 20.0. The van der Waals surface area contributed by atoms with Crippen molar-refractivity contribution < 1.29 is 0 Å². The van der Waals surface area contributed by atoms with Gasteiger partial charge < -0.3 is 5.73 Å². The lowest BCUT2D eigenvalue weighted by Crippen LogP contribution is -2.46. The first-order chi connectivity index (χ1) is 16.9.